The molecule has 0 aliphatic rings. The highest BCUT2D eigenvalue weighted by Gasteiger charge is 2.34. The molecule has 0 fully saturated rings. The van der Waals surface area contributed by atoms with Crippen LogP contribution in [-0.4, -0.2) is 5.78 Å². The van der Waals surface area contributed by atoms with E-state index in [4.69, 9.17) is 4.74 Å². The van der Waals surface area contributed by atoms with E-state index in [1.807, 2.05) is 6.07 Å². The van der Waals surface area contributed by atoms with Crippen molar-refractivity contribution in [1.82, 2.24) is 0 Å². The third-order valence-corrected chi connectivity index (χ3v) is 3.36. The predicted octanol–water partition coefficient (Wildman–Crippen LogP) is 5.28. The molecule has 0 spiro atoms. The van der Waals surface area contributed by atoms with Gasteiger partial charge in [0.25, 0.3) is 0 Å². The van der Waals surface area contributed by atoms with Gasteiger partial charge in [0.15, 0.2) is 5.78 Å². The Hall–Kier alpha value is -2.56. The maximum Gasteiger partial charge on any atom is 0.419 e. The van der Waals surface area contributed by atoms with Crippen LogP contribution in [0.2, 0.25) is 0 Å². The quantitative estimate of drug-likeness (QED) is 0.672. The lowest BCUT2D eigenvalue weighted by atomic mass is 10.1. The van der Waals surface area contributed by atoms with E-state index < -0.39 is 11.7 Å². The van der Waals surface area contributed by atoms with E-state index >= 15 is 0 Å². The van der Waals surface area contributed by atoms with Gasteiger partial charge >= 0.3 is 6.18 Å². The van der Waals surface area contributed by atoms with E-state index in [0.29, 0.717) is 12.0 Å². The molecule has 0 aliphatic carbocycles. The Bertz CT molecular complexity index is 719. The number of hydrogen-bond acceptors (Lipinski definition) is 2. The number of carbonyl (C=O) groups is 1. The zero-order valence-electron chi connectivity index (χ0n) is 13.1. The Morgan fingerprint density at radius 1 is 1.12 bits per heavy atom. The average Bonchev–Trinajstić information content (AvgIpc) is 2.58. The molecule has 0 aliphatic heterocycles. The molecule has 2 aromatic carbocycles. The van der Waals surface area contributed by atoms with Gasteiger partial charge in [-0.3, -0.25) is 4.79 Å². The van der Waals surface area contributed by atoms with Crippen molar-refractivity contribution < 1.29 is 22.7 Å². The van der Waals surface area contributed by atoms with Gasteiger partial charge in [-0.05, 0) is 29.3 Å². The van der Waals surface area contributed by atoms with Crippen LogP contribution in [0.4, 0.5) is 13.2 Å². The average molecular weight is 334 g/mol. The Morgan fingerprint density at radius 2 is 1.83 bits per heavy atom. The van der Waals surface area contributed by atoms with E-state index in [1.54, 1.807) is 31.2 Å². The molecule has 126 valence electrons. The van der Waals surface area contributed by atoms with Gasteiger partial charge in [-0.15, -0.1) is 0 Å². The highest BCUT2D eigenvalue weighted by atomic mass is 19.4. The van der Waals surface area contributed by atoms with Gasteiger partial charge in [0, 0.05) is 6.42 Å². The number of carbonyl (C=O) groups excluding carboxylic acids is 1. The summed E-state index contributed by atoms with van der Waals surface area (Å²) in [5.41, 5.74) is 0.226. The van der Waals surface area contributed by atoms with Gasteiger partial charge in [-0.1, -0.05) is 49.4 Å². The van der Waals surface area contributed by atoms with Crippen LogP contribution in [0, 0.1) is 0 Å². The molecule has 0 saturated carbocycles. The van der Waals surface area contributed by atoms with E-state index in [9.17, 15) is 18.0 Å². The topological polar surface area (TPSA) is 26.3 Å². The van der Waals surface area contributed by atoms with Crippen LogP contribution in [0.15, 0.2) is 54.6 Å². The lowest BCUT2D eigenvalue weighted by molar-refractivity contribution is -0.139. The number of ether oxygens (including phenoxy) is 1. The molecule has 24 heavy (non-hydrogen) atoms. The minimum Gasteiger partial charge on any atom is -0.488 e. The summed E-state index contributed by atoms with van der Waals surface area (Å²) in [5.74, 6) is -0.377. The van der Waals surface area contributed by atoms with Crippen molar-refractivity contribution in [2.75, 3.05) is 0 Å². The number of rotatable bonds is 6. The van der Waals surface area contributed by atoms with E-state index in [-0.39, 0.29) is 18.1 Å². The van der Waals surface area contributed by atoms with Crippen LogP contribution >= 0.6 is 0 Å². The first-order valence-electron chi connectivity index (χ1n) is 7.49. The molecular formula is C19H17F3O2. The number of alkyl halides is 3. The van der Waals surface area contributed by atoms with E-state index in [1.165, 1.54) is 24.3 Å². The predicted molar refractivity (Wildman–Crippen MR) is 86.6 cm³/mol. The number of allylic oxidation sites excluding steroid dienone is 1. The van der Waals surface area contributed by atoms with Crippen LogP contribution < -0.4 is 4.74 Å². The number of halogens is 3. The van der Waals surface area contributed by atoms with Gasteiger partial charge in [-0.25, -0.2) is 0 Å². The Balaban J connectivity index is 2.24. The minimum atomic E-state index is -4.54. The molecule has 0 saturated heterocycles. The SMILES string of the molecule is CCC(=O)C=Cc1ccc(OCc2ccccc2)c(C(F)(F)F)c1. The first kappa shape index (κ1) is 17.8. The summed E-state index contributed by atoms with van der Waals surface area (Å²) in [6.45, 7) is 1.74. The maximum atomic E-state index is 13.2. The second-order valence-corrected chi connectivity index (χ2v) is 5.18. The molecule has 0 radical (unpaired) electrons. The maximum absolute atomic E-state index is 13.2. The van der Waals surface area contributed by atoms with Crippen molar-refractivity contribution in [3.63, 3.8) is 0 Å². The molecule has 5 heteroatoms. The summed E-state index contributed by atoms with van der Waals surface area (Å²) in [6.07, 6.45) is -1.58. The van der Waals surface area contributed by atoms with Gasteiger partial charge in [0.1, 0.15) is 12.4 Å². The number of benzene rings is 2. The normalized spacial score (nSPS) is 11.7. The molecule has 0 unspecified atom stereocenters. The second kappa shape index (κ2) is 7.81. The molecule has 2 nitrogen and oxygen atoms in total. The van der Waals surface area contributed by atoms with Crippen LogP contribution in [-0.2, 0) is 17.6 Å². The van der Waals surface area contributed by atoms with E-state index in [0.717, 1.165) is 11.6 Å². The fourth-order valence-electron chi connectivity index (χ4n) is 2.04. The molecule has 0 amide bonds. The van der Waals surface area contributed by atoms with Crippen molar-refractivity contribution in [3.05, 3.63) is 71.3 Å². The summed E-state index contributed by atoms with van der Waals surface area (Å²) >= 11 is 0. The minimum absolute atomic E-state index is 0.0490. The van der Waals surface area contributed by atoms with Gasteiger partial charge < -0.3 is 4.74 Å². The Morgan fingerprint density at radius 3 is 2.46 bits per heavy atom. The molecule has 0 aromatic heterocycles. The highest BCUT2D eigenvalue weighted by Crippen LogP contribution is 2.37. The third-order valence-electron chi connectivity index (χ3n) is 3.36. The molecule has 0 heterocycles. The van der Waals surface area contributed by atoms with Crippen molar-refractivity contribution in [2.45, 2.75) is 26.1 Å². The van der Waals surface area contributed by atoms with Crippen LogP contribution in [0.3, 0.4) is 0 Å². The van der Waals surface area contributed by atoms with Crippen LogP contribution in [0.1, 0.15) is 30.0 Å². The largest absolute Gasteiger partial charge is 0.488 e. The first-order valence-corrected chi connectivity index (χ1v) is 7.49. The molecular weight excluding hydrogens is 317 g/mol. The van der Waals surface area contributed by atoms with Crippen molar-refractivity contribution >= 4 is 11.9 Å². The van der Waals surface area contributed by atoms with Crippen LogP contribution in [0.25, 0.3) is 6.08 Å². The molecule has 2 rings (SSSR count). The summed E-state index contributed by atoms with van der Waals surface area (Å²) in [4.78, 5) is 11.3. The fourth-order valence-corrected chi connectivity index (χ4v) is 2.04. The van der Waals surface area contributed by atoms with Gasteiger partial charge in [0.2, 0.25) is 0 Å². The lowest BCUT2D eigenvalue weighted by Crippen LogP contribution is -2.09. The summed E-state index contributed by atoms with van der Waals surface area (Å²) < 4.78 is 45.1. The third kappa shape index (κ3) is 4.98. The smallest absolute Gasteiger partial charge is 0.419 e. The van der Waals surface area contributed by atoms with Crippen LogP contribution in [0.5, 0.6) is 5.75 Å². The Labute approximate surface area is 138 Å². The zero-order chi connectivity index (χ0) is 17.6. The first-order chi connectivity index (χ1) is 11.4. The molecule has 0 atom stereocenters. The van der Waals surface area contributed by atoms with Crippen molar-refractivity contribution in [1.29, 1.82) is 0 Å². The van der Waals surface area contributed by atoms with Gasteiger partial charge in [-0.2, -0.15) is 13.2 Å². The molecule has 2 aromatic rings. The fraction of sp³-hybridized carbons (Fsp3) is 0.211. The number of ketones is 1. The Kier molecular flexibility index (Phi) is 5.79. The van der Waals surface area contributed by atoms with Gasteiger partial charge in [0.05, 0.1) is 5.56 Å². The van der Waals surface area contributed by atoms with E-state index in [2.05, 4.69) is 0 Å². The summed E-state index contributed by atoms with van der Waals surface area (Å²) in [6, 6.07) is 12.7. The number of hydrogen-bond donors (Lipinski definition) is 0. The molecule has 0 N–H and O–H groups in total. The highest BCUT2D eigenvalue weighted by molar-refractivity contribution is 5.93. The summed E-state index contributed by atoms with van der Waals surface area (Å²) in [5, 5.41) is 0. The molecule has 0 bridgehead atoms. The van der Waals surface area contributed by atoms with Crippen molar-refractivity contribution in [2.24, 2.45) is 0 Å². The zero-order valence-corrected chi connectivity index (χ0v) is 13.1. The lowest BCUT2D eigenvalue weighted by Gasteiger charge is -2.15. The summed E-state index contributed by atoms with van der Waals surface area (Å²) in [7, 11) is 0. The second-order valence-electron chi connectivity index (χ2n) is 5.18. The monoisotopic (exact) mass is 334 g/mol. The standard InChI is InChI=1S/C19H17F3O2/c1-2-16(23)10-8-14-9-11-18(17(12-14)19(20,21)22)24-13-15-6-4-3-5-7-15/h3-12H,2,13H2,1H3. The van der Waals surface area contributed by atoms with Crippen molar-refractivity contribution in [3.8, 4) is 5.75 Å².